The second-order valence-electron chi connectivity index (χ2n) is 5.65. The molecule has 116 valence electrons. The predicted molar refractivity (Wildman–Crippen MR) is 83.0 cm³/mol. The minimum absolute atomic E-state index is 0.0450. The summed E-state index contributed by atoms with van der Waals surface area (Å²) in [4.78, 5) is 11.7. The maximum atomic E-state index is 11.7. The van der Waals surface area contributed by atoms with Gasteiger partial charge in [-0.1, -0.05) is 26.0 Å². The van der Waals surface area contributed by atoms with Gasteiger partial charge in [0, 0.05) is 0 Å². The summed E-state index contributed by atoms with van der Waals surface area (Å²) in [7, 11) is 0. The highest BCUT2D eigenvalue weighted by molar-refractivity contribution is 7.13. The summed E-state index contributed by atoms with van der Waals surface area (Å²) >= 11 is 1.34. The van der Waals surface area contributed by atoms with Crippen molar-refractivity contribution in [2.45, 2.75) is 33.1 Å². The fourth-order valence-corrected chi connectivity index (χ4v) is 3.16. The molecule has 0 amide bonds. The highest BCUT2D eigenvalue weighted by Gasteiger charge is 2.26. The smallest absolute Gasteiger partial charge is 0.362 e. The van der Waals surface area contributed by atoms with Crippen molar-refractivity contribution in [3.8, 4) is 11.1 Å². The van der Waals surface area contributed by atoms with E-state index in [1.54, 1.807) is 6.92 Å². The minimum Gasteiger partial charge on any atom is -0.461 e. The Balaban J connectivity index is 2.53. The van der Waals surface area contributed by atoms with Crippen molar-refractivity contribution in [2.75, 3.05) is 12.3 Å². The molecule has 8 heteroatoms. The Morgan fingerprint density at radius 1 is 1.55 bits per heavy atom. The second kappa shape index (κ2) is 5.77. The van der Waals surface area contributed by atoms with Crippen LogP contribution in [0.1, 0.15) is 49.3 Å². The number of thiophene rings is 1. The number of nitrogen functional groups attached to an aromatic ring is 1. The molecule has 7 nitrogen and oxygen atoms in total. The van der Waals surface area contributed by atoms with E-state index in [0.29, 0.717) is 10.6 Å². The first kappa shape index (κ1) is 16.0. The van der Waals surface area contributed by atoms with Gasteiger partial charge in [0.25, 0.3) is 0 Å². The Morgan fingerprint density at radius 3 is 2.77 bits per heavy atom. The lowest BCUT2D eigenvalue weighted by Crippen LogP contribution is -2.13. The van der Waals surface area contributed by atoms with Gasteiger partial charge in [-0.05, 0) is 23.3 Å². The lowest BCUT2D eigenvalue weighted by molar-refractivity contribution is 0.0520. The molecule has 22 heavy (non-hydrogen) atoms. The summed E-state index contributed by atoms with van der Waals surface area (Å²) < 4.78 is 6.19. The third-order valence-electron chi connectivity index (χ3n) is 3.06. The molecule has 2 heterocycles. The van der Waals surface area contributed by atoms with Crippen molar-refractivity contribution in [1.82, 2.24) is 15.0 Å². The number of nitrogens with zero attached hydrogens (tertiary/aromatic N) is 4. The van der Waals surface area contributed by atoms with E-state index in [1.807, 2.05) is 26.2 Å². The molecule has 0 aliphatic heterocycles. The van der Waals surface area contributed by atoms with E-state index in [-0.39, 0.29) is 23.5 Å². The van der Waals surface area contributed by atoms with Crippen LogP contribution in [0.25, 0.3) is 5.00 Å². The van der Waals surface area contributed by atoms with E-state index >= 15 is 0 Å². The monoisotopic (exact) mass is 319 g/mol. The molecule has 0 aromatic carbocycles. The van der Waals surface area contributed by atoms with E-state index < -0.39 is 5.97 Å². The molecule has 0 spiro atoms. The fraction of sp³-hybridized carbons (Fsp3) is 0.429. The number of esters is 1. The van der Waals surface area contributed by atoms with Crippen LogP contribution < -0.4 is 5.73 Å². The molecule has 0 aliphatic rings. The number of nitrogens with two attached hydrogens (primary N) is 1. The van der Waals surface area contributed by atoms with Gasteiger partial charge in [0.2, 0.25) is 5.69 Å². The summed E-state index contributed by atoms with van der Waals surface area (Å²) in [5.74, 6) is -0.561. The Labute approximate surface area is 132 Å². The predicted octanol–water partition coefficient (Wildman–Crippen LogP) is 2.26. The highest BCUT2D eigenvalue weighted by Crippen LogP contribution is 2.35. The van der Waals surface area contributed by atoms with Crippen LogP contribution in [-0.4, -0.2) is 27.6 Å². The maximum absolute atomic E-state index is 11.7. The van der Waals surface area contributed by atoms with E-state index in [0.717, 1.165) is 5.56 Å². The zero-order valence-electron chi connectivity index (χ0n) is 12.9. The van der Waals surface area contributed by atoms with Crippen molar-refractivity contribution in [1.29, 1.82) is 5.26 Å². The summed E-state index contributed by atoms with van der Waals surface area (Å²) in [5, 5.41) is 19.6. The number of nitriles is 1. The van der Waals surface area contributed by atoms with Crippen LogP contribution in [0.3, 0.4) is 0 Å². The summed E-state index contributed by atoms with van der Waals surface area (Å²) in [6.07, 6.45) is 0. The first-order chi connectivity index (χ1) is 10.3. The Hall–Kier alpha value is -2.40. The molecule has 0 atom stereocenters. The molecular formula is C14H17N5O2S. The van der Waals surface area contributed by atoms with Gasteiger partial charge in [-0.25, -0.2) is 4.79 Å². The summed E-state index contributed by atoms with van der Waals surface area (Å²) in [6.45, 7) is 7.99. The van der Waals surface area contributed by atoms with Crippen LogP contribution in [0.5, 0.6) is 0 Å². The van der Waals surface area contributed by atoms with E-state index in [9.17, 15) is 10.1 Å². The van der Waals surface area contributed by atoms with Crippen LogP contribution >= 0.6 is 11.3 Å². The van der Waals surface area contributed by atoms with Crippen molar-refractivity contribution >= 4 is 23.1 Å². The minimum atomic E-state index is -0.627. The average Bonchev–Trinajstić information content (AvgIpc) is 3.01. The van der Waals surface area contributed by atoms with Crippen molar-refractivity contribution in [3.05, 3.63) is 22.2 Å². The van der Waals surface area contributed by atoms with Gasteiger partial charge >= 0.3 is 5.97 Å². The number of carbonyl (C=O) groups is 1. The topological polar surface area (TPSA) is 107 Å². The standard InChI is InChI=1S/C14H17N5O2S/c1-5-21-13(20)10-11(16)19(18-17-10)12-8(6-15)9(7-22-12)14(2,3)4/h7H,5,16H2,1-4H3. The average molecular weight is 319 g/mol. The van der Waals surface area contributed by atoms with E-state index in [2.05, 4.69) is 16.4 Å². The number of aromatic nitrogens is 3. The summed E-state index contributed by atoms with van der Waals surface area (Å²) in [5.41, 5.74) is 7.11. The number of rotatable bonds is 3. The van der Waals surface area contributed by atoms with Gasteiger partial charge in [0.15, 0.2) is 5.82 Å². The van der Waals surface area contributed by atoms with Gasteiger partial charge in [-0.3, -0.25) is 0 Å². The Bertz CT molecular complexity index is 748. The zero-order chi connectivity index (χ0) is 16.5. The Kier molecular flexibility index (Phi) is 4.19. The van der Waals surface area contributed by atoms with Gasteiger partial charge in [-0.15, -0.1) is 16.4 Å². The first-order valence-corrected chi connectivity index (χ1v) is 7.60. The molecule has 2 aromatic heterocycles. The molecule has 0 aliphatic carbocycles. The van der Waals surface area contributed by atoms with Crippen LogP contribution in [0.4, 0.5) is 5.82 Å². The number of hydrogen-bond donors (Lipinski definition) is 1. The zero-order valence-corrected chi connectivity index (χ0v) is 13.7. The fourth-order valence-electron chi connectivity index (χ4n) is 1.95. The van der Waals surface area contributed by atoms with E-state index in [1.165, 1.54) is 16.0 Å². The van der Waals surface area contributed by atoms with Crippen molar-refractivity contribution in [2.24, 2.45) is 0 Å². The largest absolute Gasteiger partial charge is 0.461 e. The lowest BCUT2D eigenvalue weighted by Gasteiger charge is -2.17. The van der Waals surface area contributed by atoms with Crippen LogP contribution in [-0.2, 0) is 10.2 Å². The molecule has 0 bridgehead atoms. The molecule has 0 saturated carbocycles. The van der Waals surface area contributed by atoms with E-state index in [4.69, 9.17) is 10.5 Å². The molecule has 2 rings (SSSR count). The third kappa shape index (κ3) is 2.67. The van der Waals surface area contributed by atoms with Gasteiger partial charge in [-0.2, -0.15) is 9.94 Å². The quantitative estimate of drug-likeness (QED) is 0.870. The number of carbonyl (C=O) groups excluding carboxylic acids is 1. The van der Waals surface area contributed by atoms with Crippen LogP contribution in [0.2, 0.25) is 0 Å². The maximum Gasteiger partial charge on any atom is 0.362 e. The van der Waals surface area contributed by atoms with Gasteiger partial charge in [0.1, 0.15) is 11.1 Å². The van der Waals surface area contributed by atoms with Crippen LogP contribution in [0, 0.1) is 11.3 Å². The number of anilines is 1. The van der Waals surface area contributed by atoms with Crippen molar-refractivity contribution in [3.63, 3.8) is 0 Å². The van der Waals surface area contributed by atoms with Crippen LogP contribution in [0.15, 0.2) is 5.38 Å². The third-order valence-corrected chi connectivity index (χ3v) is 4.01. The first-order valence-electron chi connectivity index (χ1n) is 6.72. The molecular weight excluding hydrogens is 302 g/mol. The molecule has 0 unspecified atom stereocenters. The van der Waals surface area contributed by atoms with Crippen molar-refractivity contribution < 1.29 is 9.53 Å². The van der Waals surface area contributed by atoms with Gasteiger partial charge < -0.3 is 10.5 Å². The molecule has 0 radical (unpaired) electrons. The summed E-state index contributed by atoms with van der Waals surface area (Å²) in [6, 6.07) is 2.19. The number of ether oxygens (including phenoxy) is 1. The Morgan fingerprint density at radius 2 is 2.23 bits per heavy atom. The number of hydrogen-bond acceptors (Lipinski definition) is 7. The molecule has 2 N–H and O–H groups in total. The molecule has 0 saturated heterocycles. The SMILES string of the molecule is CCOC(=O)c1nnn(-c2scc(C(C)(C)C)c2C#N)c1N. The van der Waals surface area contributed by atoms with Gasteiger partial charge in [0.05, 0.1) is 12.2 Å². The highest BCUT2D eigenvalue weighted by atomic mass is 32.1. The normalized spacial score (nSPS) is 11.2. The second-order valence-corrected chi connectivity index (χ2v) is 6.50. The molecule has 2 aromatic rings. The molecule has 0 fully saturated rings. The lowest BCUT2D eigenvalue weighted by atomic mass is 9.86.